The van der Waals surface area contributed by atoms with Gasteiger partial charge in [0.1, 0.15) is 11.5 Å². The first-order valence-electron chi connectivity index (χ1n) is 14.2. The second-order valence-electron chi connectivity index (χ2n) is 10.9. The zero-order valence-electron chi connectivity index (χ0n) is 24.2. The van der Waals surface area contributed by atoms with E-state index in [2.05, 4.69) is 0 Å². The molecule has 8 nitrogen and oxygen atoms in total. The molecule has 2 aliphatic rings. The number of allylic oxidation sites excluding steroid dienone is 1. The van der Waals surface area contributed by atoms with Crippen LogP contribution in [0, 0.1) is 6.92 Å². The summed E-state index contributed by atoms with van der Waals surface area (Å²) in [6.45, 7) is 3.82. The lowest BCUT2D eigenvalue weighted by Gasteiger charge is -2.32. The average Bonchev–Trinajstić information content (AvgIpc) is 3.54. The van der Waals surface area contributed by atoms with E-state index in [-0.39, 0.29) is 41.1 Å². The summed E-state index contributed by atoms with van der Waals surface area (Å²) in [5.74, 6) is -0.0652. The van der Waals surface area contributed by atoms with Gasteiger partial charge in [0, 0.05) is 18.3 Å². The molecule has 2 heterocycles. The molecule has 1 aliphatic heterocycles. The number of hydrogen-bond donors (Lipinski definition) is 0. The monoisotopic (exact) mass is 588 g/mol. The average molecular weight is 589 g/mol. The number of aryl methyl sites for hydroxylation is 1. The molecular formula is C33H36N2O6S. The molecule has 0 N–H and O–H groups in total. The highest BCUT2D eigenvalue weighted by Crippen LogP contribution is 2.37. The molecule has 5 rings (SSSR count). The first-order valence-corrected chi connectivity index (χ1v) is 15.7. The third kappa shape index (κ3) is 6.12. The zero-order chi connectivity index (χ0) is 29.9. The van der Waals surface area contributed by atoms with Gasteiger partial charge in [-0.1, -0.05) is 67.3 Å². The maximum Gasteiger partial charge on any atom is 0.340 e. The van der Waals surface area contributed by atoms with Crippen molar-refractivity contribution in [3.63, 3.8) is 0 Å². The molecule has 3 aromatic rings. The van der Waals surface area contributed by atoms with E-state index in [1.165, 1.54) is 11.4 Å². The molecule has 0 unspecified atom stereocenters. The lowest BCUT2D eigenvalue weighted by molar-refractivity contribution is -0.136. The number of furan rings is 1. The van der Waals surface area contributed by atoms with Gasteiger partial charge < -0.3 is 14.1 Å². The van der Waals surface area contributed by atoms with Crippen LogP contribution >= 0.6 is 0 Å². The van der Waals surface area contributed by atoms with Gasteiger partial charge in [0.2, 0.25) is 10.0 Å². The molecule has 2 aromatic carbocycles. The van der Waals surface area contributed by atoms with Crippen LogP contribution in [-0.4, -0.2) is 42.7 Å². The van der Waals surface area contributed by atoms with E-state index in [0.717, 1.165) is 43.2 Å². The van der Waals surface area contributed by atoms with E-state index in [1.807, 2.05) is 37.3 Å². The standard InChI is InChI=1S/C33H36N2O6S/c1-23-14-18-29(19-15-23)42(38,39)34(21-25-10-6-4-7-11-25)22-28-17-16-27(41-28)20-30-31(33(37)40-3)24(2)35(32(30)36)26-12-8-5-9-13-26/h4,6-7,10-11,14-20,26H,5,8-9,12-13,21-22H2,1-3H3/b30-20+. The molecule has 1 fully saturated rings. The number of sulfonamides is 1. The third-order valence-corrected chi connectivity index (χ3v) is 9.74. The Labute approximate surface area is 247 Å². The number of carbonyl (C=O) groups is 2. The van der Waals surface area contributed by atoms with Crippen LogP contribution in [0.2, 0.25) is 0 Å². The van der Waals surface area contributed by atoms with Crippen LogP contribution in [-0.2, 0) is 37.4 Å². The molecule has 0 atom stereocenters. The van der Waals surface area contributed by atoms with Gasteiger partial charge in [-0.05, 0) is 62.6 Å². The smallest absolute Gasteiger partial charge is 0.340 e. The van der Waals surface area contributed by atoms with Gasteiger partial charge in [-0.2, -0.15) is 4.31 Å². The van der Waals surface area contributed by atoms with Gasteiger partial charge in [0.25, 0.3) is 5.91 Å². The fraction of sp³-hybridized carbons (Fsp3) is 0.333. The van der Waals surface area contributed by atoms with E-state index in [9.17, 15) is 18.0 Å². The summed E-state index contributed by atoms with van der Waals surface area (Å²) < 4.78 is 39.9. The largest absolute Gasteiger partial charge is 0.465 e. The highest BCUT2D eigenvalue weighted by molar-refractivity contribution is 7.89. The predicted octanol–water partition coefficient (Wildman–Crippen LogP) is 5.98. The van der Waals surface area contributed by atoms with Crippen molar-refractivity contribution in [2.45, 2.75) is 70.0 Å². The SMILES string of the molecule is COC(=O)C1=C(C)N(C2CCCCC2)C(=O)/C1=C/c1ccc(CN(Cc2ccccc2)S(=O)(=O)c2ccc(C)cc2)o1. The second-order valence-corrected chi connectivity index (χ2v) is 12.8. The van der Waals surface area contributed by atoms with E-state index < -0.39 is 16.0 Å². The highest BCUT2D eigenvalue weighted by atomic mass is 32.2. The molecule has 0 radical (unpaired) electrons. The summed E-state index contributed by atoms with van der Waals surface area (Å²) in [6.07, 6.45) is 6.57. The molecular weight excluding hydrogens is 552 g/mol. The van der Waals surface area contributed by atoms with Gasteiger partial charge in [0.15, 0.2) is 0 Å². The summed E-state index contributed by atoms with van der Waals surface area (Å²) in [6, 6.07) is 19.5. The minimum Gasteiger partial charge on any atom is -0.465 e. The van der Waals surface area contributed by atoms with Crippen LogP contribution in [0.25, 0.3) is 6.08 Å². The van der Waals surface area contributed by atoms with Crippen molar-refractivity contribution in [1.29, 1.82) is 0 Å². The Hall–Kier alpha value is -3.95. The Morgan fingerprint density at radius 1 is 0.976 bits per heavy atom. The Bertz CT molecular complexity index is 1610. The number of hydrogen-bond acceptors (Lipinski definition) is 6. The summed E-state index contributed by atoms with van der Waals surface area (Å²) in [5, 5.41) is 0. The Morgan fingerprint density at radius 2 is 1.67 bits per heavy atom. The van der Waals surface area contributed by atoms with Crippen molar-refractivity contribution in [2.75, 3.05) is 7.11 Å². The molecule has 1 amide bonds. The first-order chi connectivity index (χ1) is 20.2. The molecule has 0 spiro atoms. The molecule has 0 bridgehead atoms. The normalized spacial score (nSPS) is 17.5. The van der Waals surface area contributed by atoms with Crippen molar-refractivity contribution in [2.24, 2.45) is 0 Å². The Kier molecular flexibility index (Phi) is 8.80. The first kappa shape index (κ1) is 29.5. The van der Waals surface area contributed by atoms with Crippen molar-refractivity contribution < 1.29 is 27.2 Å². The van der Waals surface area contributed by atoms with Crippen LogP contribution in [0.1, 0.15) is 61.7 Å². The second kappa shape index (κ2) is 12.5. The minimum atomic E-state index is -3.86. The lowest BCUT2D eigenvalue weighted by Crippen LogP contribution is -2.37. The number of methoxy groups -OCH3 is 1. The number of carbonyl (C=O) groups excluding carboxylic acids is 2. The highest BCUT2D eigenvalue weighted by Gasteiger charge is 2.40. The number of rotatable bonds is 9. The van der Waals surface area contributed by atoms with Gasteiger partial charge in [0.05, 0.1) is 29.7 Å². The van der Waals surface area contributed by atoms with Crippen molar-refractivity contribution in [3.8, 4) is 0 Å². The van der Waals surface area contributed by atoms with Crippen molar-refractivity contribution >= 4 is 28.0 Å². The fourth-order valence-electron chi connectivity index (χ4n) is 5.72. The number of nitrogens with zero attached hydrogens (tertiary/aromatic N) is 2. The topological polar surface area (TPSA) is 97.1 Å². The van der Waals surface area contributed by atoms with Gasteiger partial charge >= 0.3 is 5.97 Å². The summed E-state index contributed by atoms with van der Waals surface area (Å²) in [7, 11) is -2.56. The summed E-state index contributed by atoms with van der Waals surface area (Å²) in [4.78, 5) is 28.3. The molecule has 220 valence electrons. The summed E-state index contributed by atoms with van der Waals surface area (Å²) >= 11 is 0. The quantitative estimate of drug-likeness (QED) is 0.225. The fourth-order valence-corrected chi connectivity index (χ4v) is 7.12. The van der Waals surface area contributed by atoms with Crippen LogP contribution in [0.5, 0.6) is 0 Å². The van der Waals surface area contributed by atoms with Crippen LogP contribution in [0.4, 0.5) is 0 Å². The van der Waals surface area contributed by atoms with E-state index in [4.69, 9.17) is 9.15 Å². The molecule has 9 heteroatoms. The summed E-state index contributed by atoms with van der Waals surface area (Å²) in [5.41, 5.74) is 2.85. The molecule has 42 heavy (non-hydrogen) atoms. The van der Waals surface area contributed by atoms with Crippen molar-refractivity contribution in [3.05, 3.63) is 106 Å². The Morgan fingerprint density at radius 3 is 2.33 bits per heavy atom. The van der Waals surface area contributed by atoms with Gasteiger partial charge in [-0.3, -0.25) is 4.79 Å². The minimum absolute atomic E-state index is 0.0187. The van der Waals surface area contributed by atoms with Crippen LogP contribution in [0.3, 0.4) is 0 Å². The van der Waals surface area contributed by atoms with Gasteiger partial charge in [-0.25, -0.2) is 13.2 Å². The maximum atomic E-state index is 13.7. The molecule has 1 aliphatic carbocycles. The van der Waals surface area contributed by atoms with E-state index in [0.29, 0.717) is 17.2 Å². The number of esters is 1. The lowest BCUT2D eigenvalue weighted by atomic mass is 9.94. The number of amides is 1. The van der Waals surface area contributed by atoms with E-state index >= 15 is 0 Å². The number of ether oxygens (including phenoxy) is 1. The Balaban J connectivity index is 1.45. The molecule has 0 saturated heterocycles. The van der Waals surface area contributed by atoms with E-state index in [1.54, 1.807) is 54.3 Å². The zero-order valence-corrected chi connectivity index (χ0v) is 25.0. The molecule has 1 saturated carbocycles. The molecule has 1 aromatic heterocycles. The van der Waals surface area contributed by atoms with Gasteiger partial charge in [-0.15, -0.1) is 0 Å². The van der Waals surface area contributed by atoms with Crippen LogP contribution in [0.15, 0.2) is 92.9 Å². The van der Waals surface area contributed by atoms with Crippen molar-refractivity contribution in [1.82, 2.24) is 9.21 Å². The third-order valence-electron chi connectivity index (χ3n) is 7.93. The maximum absolute atomic E-state index is 13.7. The number of benzene rings is 2. The van der Waals surface area contributed by atoms with Crippen LogP contribution < -0.4 is 0 Å². The predicted molar refractivity (Wildman–Crippen MR) is 159 cm³/mol.